The molecule has 2 nitrogen and oxygen atoms in total. The molecule has 184 valence electrons. The van der Waals surface area contributed by atoms with Crippen LogP contribution in [0.3, 0.4) is 0 Å². The van der Waals surface area contributed by atoms with E-state index in [9.17, 15) is 0 Å². The minimum Gasteiger partial charge on any atom is -0.330 e. The van der Waals surface area contributed by atoms with E-state index in [0.717, 1.165) is 26.1 Å². The average molecular weight is 477 g/mol. The number of nitrogens with one attached hydrogen (secondary N) is 1. The number of nitrogens with two attached hydrogens (primary N) is 1. The van der Waals surface area contributed by atoms with Crippen molar-refractivity contribution in [3.05, 3.63) is 70.6 Å². The first kappa shape index (κ1) is 26.7. The number of hydrogen-bond acceptors (Lipinski definition) is 3. The smallest absolute Gasteiger partial charge is 0.0424 e. The van der Waals surface area contributed by atoms with Gasteiger partial charge >= 0.3 is 0 Å². The predicted octanol–water partition coefficient (Wildman–Crippen LogP) is 8.29. The minimum atomic E-state index is 0.165. The molecule has 0 aliphatic carbocycles. The molecule has 3 N–H and O–H groups in total. The second-order valence-electron chi connectivity index (χ2n) is 11.5. The summed E-state index contributed by atoms with van der Waals surface area (Å²) in [5.41, 5.74) is 12.6. The molecule has 0 bridgehead atoms. The van der Waals surface area contributed by atoms with Gasteiger partial charge in [-0.1, -0.05) is 103 Å². The zero-order valence-corrected chi connectivity index (χ0v) is 22.9. The van der Waals surface area contributed by atoms with E-state index in [1.807, 2.05) is 11.3 Å². The molecule has 34 heavy (non-hydrogen) atoms. The van der Waals surface area contributed by atoms with Gasteiger partial charge in [0.1, 0.15) is 0 Å². The molecular weight excluding hydrogens is 432 g/mol. The van der Waals surface area contributed by atoms with Gasteiger partial charge in [0, 0.05) is 21.9 Å². The van der Waals surface area contributed by atoms with E-state index in [2.05, 4.69) is 101 Å². The second kappa shape index (κ2) is 11.7. The van der Waals surface area contributed by atoms with E-state index in [4.69, 9.17) is 5.73 Å². The van der Waals surface area contributed by atoms with Crippen molar-refractivity contribution in [1.29, 1.82) is 0 Å². The van der Waals surface area contributed by atoms with E-state index < -0.39 is 0 Å². The van der Waals surface area contributed by atoms with Crippen molar-refractivity contribution < 1.29 is 0 Å². The van der Waals surface area contributed by atoms with E-state index in [1.165, 1.54) is 56.8 Å². The fraction of sp³-hybridized carbons (Fsp3) is 0.484. The van der Waals surface area contributed by atoms with Crippen LogP contribution >= 0.6 is 11.3 Å². The molecule has 0 radical (unpaired) electrons. The third kappa shape index (κ3) is 7.28. The first-order valence-corrected chi connectivity index (χ1v) is 13.7. The summed E-state index contributed by atoms with van der Waals surface area (Å²) < 4.78 is 0. The number of thiophene rings is 1. The maximum Gasteiger partial charge on any atom is 0.0424 e. The summed E-state index contributed by atoms with van der Waals surface area (Å²) in [7, 11) is 0. The van der Waals surface area contributed by atoms with Crippen molar-refractivity contribution in [2.24, 2.45) is 5.73 Å². The Labute approximate surface area is 212 Å². The molecule has 0 aliphatic heterocycles. The van der Waals surface area contributed by atoms with Crippen molar-refractivity contribution in [3.8, 4) is 21.6 Å². The van der Waals surface area contributed by atoms with Crippen LogP contribution in [0.5, 0.6) is 0 Å². The first-order chi connectivity index (χ1) is 16.1. The normalized spacial score (nSPS) is 12.3. The highest BCUT2D eigenvalue weighted by molar-refractivity contribution is 7.16. The van der Waals surface area contributed by atoms with Gasteiger partial charge in [0.2, 0.25) is 0 Å². The Hall–Kier alpha value is -1.94. The standard InChI is InChI=1S/C31H44N2S/c1-30(2,3)25-15-11-23(12-16-25)28-21-27(22-33-20-10-8-7-9-19-32)34-29(28)24-13-17-26(18-14-24)31(4,5)6/h11-18,21,33H,7-10,19-20,22,32H2,1-6H3. The molecule has 0 atom stereocenters. The Bertz CT molecular complexity index is 940. The van der Waals surface area contributed by atoms with Gasteiger partial charge in [-0.2, -0.15) is 0 Å². The molecule has 1 aromatic heterocycles. The monoisotopic (exact) mass is 476 g/mol. The maximum atomic E-state index is 5.60. The average Bonchev–Trinajstić information content (AvgIpc) is 3.22. The summed E-state index contributed by atoms with van der Waals surface area (Å²) in [6.07, 6.45) is 4.85. The van der Waals surface area contributed by atoms with Crippen molar-refractivity contribution >= 4 is 11.3 Å². The van der Waals surface area contributed by atoms with Crippen LogP contribution in [-0.2, 0) is 17.4 Å². The lowest BCUT2D eigenvalue weighted by atomic mass is 9.85. The van der Waals surface area contributed by atoms with Crippen LogP contribution in [0.25, 0.3) is 21.6 Å². The SMILES string of the molecule is CC(C)(C)c1ccc(-c2cc(CNCCCCCCN)sc2-c2ccc(C(C)(C)C)cc2)cc1. The van der Waals surface area contributed by atoms with Gasteiger partial charge in [-0.3, -0.25) is 0 Å². The van der Waals surface area contributed by atoms with Crippen molar-refractivity contribution in [2.75, 3.05) is 13.1 Å². The molecular formula is C31H44N2S. The number of hydrogen-bond donors (Lipinski definition) is 2. The molecule has 3 rings (SSSR count). The van der Waals surface area contributed by atoms with Gasteiger partial charge in [0.15, 0.2) is 0 Å². The Morgan fingerprint density at radius 3 is 1.76 bits per heavy atom. The van der Waals surface area contributed by atoms with Crippen LogP contribution in [0.4, 0.5) is 0 Å². The molecule has 0 amide bonds. The molecule has 3 heteroatoms. The van der Waals surface area contributed by atoms with Crippen molar-refractivity contribution in [2.45, 2.75) is 84.6 Å². The molecule has 3 aromatic rings. The Kier molecular flexibility index (Phi) is 9.14. The molecule has 0 spiro atoms. The summed E-state index contributed by atoms with van der Waals surface area (Å²) >= 11 is 1.92. The highest BCUT2D eigenvalue weighted by atomic mass is 32.1. The lowest BCUT2D eigenvalue weighted by molar-refractivity contribution is 0.590. The third-order valence-corrected chi connectivity index (χ3v) is 7.65. The van der Waals surface area contributed by atoms with Gasteiger partial charge in [-0.05, 0) is 65.1 Å². The molecule has 0 saturated heterocycles. The largest absolute Gasteiger partial charge is 0.330 e. The van der Waals surface area contributed by atoms with E-state index in [0.29, 0.717) is 0 Å². The fourth-order valence-corrected chi connectivity index (χ4v) is 5.34. The quantitative estimate of drug-likeness (QED) is 0.289. The first-order valence-electron chi connectivity index (χ1n) is 12.8. The van der Waals surface area contributed by atoms with Crippen LogP contribution in [0.15, 0.2) is 54.6 Å². The Morgan fingerprint density at radius 1 is 0.706 bits per heavy atom. The molecule has 2 aromatic carbocycles. The summed E-state index contributed by atoms with van der Waals surface area (Å²) in [5, 5.41) is 3.66. The molecule has 1 heterocycles. The van der Waals surface area contributed by atoms with Crippen LogP contribution < -0.4 is 11.1 Å². The van der Waals surface area contributed by atoms with Gasteiger partial charge in [0.05, 0.1) is 0 Å². The van der Waals surface area contributed by atoms with E-state index >= 15 is 0 Å². The summed E-state index contributed by atoms with van der Waals surface area (Å²) in [6, 6.07) is 20.8. The summed E-state index contributed by atoms with van der Waals surface area (Å²) in [5.74, 6) is 0. The molecule has 0 fully saturated rings. The zero-order chi connectivity index (χ0) is 24.8. The highest BCUT2D eigenvalue weighted by Crippen LogP contribution is 2.40. The zero-order valence-electron chi connectivity index (χ0n) is 22.1. The fourth-order valence-electron chi connectivity index (χ4n) is 4.19. The van der Waals surface area contributed by atoms with Crippen LogP contribution in [-0.4, -0.2) is 13.1 Å². The molecule has 0 saturated carbocycles. The lowest BCUT2D eigenvalue weighted by Crippen LogP contribution is -2.13. The van der Waals surface area contributed by atoms with Crippen LogP contribution in [0, 0.1) is 0 Å². The van der Waals surface area contributed by atoms with Crippen LogP contribution in [0.1, 0.15) is 83.2 Å². The maximum absolute atomic E-state index is 5.60. The topological polar surface area (TPSA) is 38.0 Å². The second-order valence-corrected chi connectivity index (χ2v) is 12.6. The number of rotatable bonds is 10. The molecule has 0 unspecified atom stereocenters. The Morgan fingerprint density at radius 2 is 1.24 bits per heavy atom. The predicted molar refractivity (Wildman–Crippen MR) is 152 cm³/mol. The third-order valence-electron chi connectivity index (χ3n) is 6.47. The Balaban J connectivity index is 1.84. The van der Waals surface area contributed by atoms with Gasteiger partial charge < -0.3 is 11.1 Å². The van der Waals surface area contributed by atoms with Crippen molar-refractivity contribution in [3.63, 3.8) is 0 Å². The van der Waals surface area contributed by atoms with Crippen LogP contribution in [0.2, 0.25) is 0 Å². The summed E-state index contributed by atoms with van der Waals surface area (Å²) in [6.45, 7) is 16.4. The lowest BCUT2D eigenvalue weighted by Gasteiger charge is -2.20. The van der Waals surface area contributed by atoms with Gasteiger partial charge in [0.25, 0.3) is 0 Å². The molecule has 0 aliphatic rings. The van der Waals surface area contributed by atoms with Gasteiger partial charge in [-0.25, -0.2) is 0 Å². The summed E-state index contributed by atoms with van der Waals surface area (Å²) in [4.78, 5) is 2.76. The van der Waals surface area contributed by atoms with E-state index in [-0.39, 0.29) is 10.8 Å². The van der Waals surface area contributed by atoms with Crippen molar-refractivity contribution in [1.82, 2.24) is 5.32 Å². The minimum absolute atomic E-state index is 0.165. The highest BCUT2D eigenvalue weighted by Gasteiger charge is 2.18. The number of benzene rings is 2. The number of unbranched alkanes of at least 4 members (excludes halogenated alkanes) is 3. The van der Waals surface area contributed by atoms with E-state index in [1.54, 1.807) is 0 Å². The van der Waals surface area contributed by atoms with Gasteiger partial charge in [-0.15, -0.1) is 11.3 Å².